The number of aliphatic imine (C=N–C) groups is 1. The van der Waals surface area contributed by atoms with E-state index in [9.17, 15) is 0 Å². The van der Waals surface area contributed by atoms with Crippen molar-refractivity contribution in [2.45, 2.75) is 45.6 Å². The summed E-state index contributed by atoms with van der Waals surface area (Å²) in [6.45, 7) is 4.65. The second kappa shape index (κ2) is 9.22. The summed E-state index contributed by atoms with van der Waals surface area (Å²) >= 11 is 0. The van der Waals surface area contributed by atoms with E-state index in [2.05, 4.69) is 21.9 Å². The monoisotopic (exact) mass is 421 g/mol. The first-order chi connectivity index (χ1) is 10.2. The van der Waals surface area contributed by atoms with Gasteiger partial charge in [0.2, 0.25) is 5.88 Å². The number of likely N-dealkylation sites (tertiary alicyclic amines) is 1. The lowest BCUT2D eigenvalue weighted by Crippen LogP contribution is -2.38. The molecule has 22 heavy (non-hydrogen) atoms. The van der Waals surface area contributed by atoms with Gasteiger partial charge in [0.05, 0.1) is 24.9 Å². The van der Waals surface area contributed by atoms with E-state index in [4.69, 9.17) is 10.5 Å². The molecule has 2 rings (SSSR count). The third kappa shape index (κ3) is 4.50. The fraction of sp³-hybridized carbons (Fsp3) is 0.733. The number of methoxy groups -OCH3 is 1. The van der Waals surface area contributed by atoms with E-state index in [1.165, 1.54) is 25.7 Å². The molecule has 7 heteroatoms. The number of hydrogen-bond acceptors (Lipinski definition) is 3. The summed E-state index contributed by atoms with van der Waals surface area (Å²) in [6.07, 6.45) is 5.85. The van der Waals surface area contributed by atoms with E-state index in [1.807, 2.05) is 7.05 Å². The highest BCUT2D eigenvalue weighted by Crippen LogP contribution is 2.23. The van der Waals surface area contributed by atoms with Crippen molar-refractivity contribution in [1.29, 1.82) is 0 Å². The summed E-state index contributed by atoms with van der Waals surface area (Å²) in [7, 11) is 3.56. The summed E-state index contributed by atoms with van der Waals surface area (Å²) in [5.74, 6) is 1.42. The van der Waals surface area contributed by atoms with Gasteiger partial charge in [0, 0.05) is 20.1 Å². The lowest BCUT2D eigenvalue weighted by Gasteiger charge is -2.21. The SMILES string of the molecule is CCc1nn(C)c(OC)c1CN=C(N)N1CCCCCC1.I. The van der Waals surface area contributed by atoms with Crippen LogP contribution >= 0.6 is 24.0 Å². The van der Waals surface area contributed by atoms with Gasteiger partial charge < -0.3 is 15.4 Å². The maximum Gasteiger partial charge on any atom is 0.216 e. The molecule has 0 bridgehead atoms. The maximum atomic E-state index is 6.16. The van der Waals surface area contributed by atoms with Crippen LogP contribution in [0, 0.1) is 0 Å². The molecule has 1 fully saturated rings. The lowest BCUT2D eigenvalue weighted by atomic mass is 10.2. The van der Waals surface area contributed by atoms with Gasteiger partial charge >= 0.3 is 0 Å². The van der Waals surface area contributed by atoms with Crippen LogP contribution in [0.4, 0.5) is 0 Å². The molecule has 2 N–H and O–H groups in total. The van der Waals surface area contributed by atoms with E-state index in [1.54, 1.807) is 11.8 Å². The van der Waals surface area contributed by atoms with Gasteiger partial charge in [0.25, 0.3) is 0 Å². The van der Waals surface area contributed by atoms with Crippen molar-refractivity contribution in [1.82, 2.24) is 14.7 Å². The first-order valence-corrected chi connectivity index (χ1v) is 7.81. The molecular formula is C15H28IN5O. The number of guanidine groups is 1. The Morgan fingerprint density at radius 1 is 1.27 bits per heavy atom. The largest absolute Gasteiger partial charge is 0.481 e. The van der Waals surface area contributed by atoms with Crippen LogP contribution < -0.4 is 10.5 Å². The number of halogens is 1. The molecule has 0 atom stereocenters. The number of rotatable bonds is 4. The molecule has 1 saturated heterocycles. The highest BCUT2D eigenvalue weighted by atomic mass is 127. The van der Waals surface area contributed by atoms with Gasteiger partial charge in [-0.05, 0) is 19.3 Å². The van der Waals surface area contributed by atoms with Crippen molar-refractivity contribution in [3.63, 3.8) is 0 Å². The normalized spacial score (nSPS) is 16.1. The molecule has 0 saturated carbocycles. The van der Waals surface area contributed by atoms with Crippen molar-refractivity contribution >= 4 is 29.9 Å². The fourth-order valence-electron chi connectivity index (χ4n) is 2.86. The molecule has 0 aliphatic carbocycles. The second-order valence-electron chi connectivity index (χ2n) is 5.49. The summed E-state index contributed by atoms with van der Waals surface area (Å²) in [4.78, 5) is 6.77. The van der Waals surface area contributed by atoms with Gasteiger partial charge in [-0.25, -0.2) is 9.67 Å². The zero-order valence-electron chi connectivity index (χ0n) is 13.8. The Hall–Kier alpha value is -0.990. The van der Waals surface area contributed by atoms with Crippen molar-refractivity contribution < 1.29 is 4.74 Å². The summed E-state index contributed by atoms with van der Waals surface area (Å²) in [5, 5.41) is 4.47. The van der Waals surface area contributed by atoms with Crippen molar-refractivity contribution in [3.05, 3.63) is 11.3 Å². The molecule has 0 amide bonds. The van der Waals surface area contributed by atoms with Crippen LogP contribution in [0.1, 0.15) is 43.9 Å². The van der Waals surface area contributed by atoms with E-state index < -0.39 is 0 Å². The van der Waals surface area contributed by atoms with E-state index in [0.29, 0.717) is 12.5 Å². The van der Waals surface area contributed by atoms with Crippen LogP contribution in [0.25, 0.3) is 0 Å². The molecule has 1 aliphatic rings. The minimum absolute atomic E-state index is 0. The molecule has 0 radical (unpaired) electrons. The molecule has 126 valence electrons. The first-order valence-electron chi connectivity index (χ1n) is 7.81. The average Bonchev–Trinajstić information content (AvgIpc) is 2.68. The van der Waals surface area contributed by atoms with Crippen molar-refractivity contribution in [3.8, 4) is 5.88 Å². The molecule has 0 aromatic carbocycles. The Labute approximate surface area is 150 Å². The highest BCUT2D eigenvalue weighted by molar-refractivity contribution is 14.0. The molecule has 0 spiro atoms. The predicted octanol–water partition coefficient (Wildman–Crippen LogP) is 2.30. The Balaban J connectivity index is 0.00000242. The van der Waals surface area contributed by atoms with Gasteiger partial charge in [0.15, 0.2) is 5.96 Å². The van der Waals surface area contributed by atoms with Crippen LogP contribution in [0.15, 0.2) is 4.99 Å². The molecular weight excluding hydrogens is 393 g/mol. The molecule has 0 unspecified atom stereocenters. The first kappa shape index (κ1) is 19.1. The van der Waals surface area contributed by atoms with Crippen molar-refractivity contribution in [2.24, 2.45) is 17.8 Å². The predicted molar refractivity (Wildman–Crippen MR) is 99.9 cm³/mol. The number of nitrogens with two attached hydrogens (primary N) is 1. The zero-order valence-corrected chi connectivity index (χ0v) is 16.2. The van der Waals surface area contributed by atoms with E-state index in [-0.39, 0.29) is 24.0 Å². The number of aromatic nitrogens is 2. The number of nitrogens with zero attached hydrogens (tertiary/aromatic N) is 4. The Morgan fingerprint density at radius 2 is 1.91 bits per heavy atom. The topological polar surface area (TPSA) is 68.7 Å². The van der Waals surface area contributed by atoms with Gasteiger partial charge in [-0.1, -0.05) is 19.8 Å². The fourth-order valence-corrected chi connectivity index (χ4v) is 2.86. The van der Waals surface area contributed by atoms with Crippen LogP contribution in [0.3, 0.4) is 0 Å². The summed E-state index contributed by atoms with van der Waals surface area (Å²) < 4.78 is 7.20. The molecule has 2 heterocycles. The summed E-state index contributed by atoms with van der Waals surface area (Å²) in [5.41, 5.74) is 8.23. The second-order valence-corrected chi connectivity index (χ2v) is 5.49. The maximum absolute atomic E-state index is 6.16. The third-order valence-electron chi connectivity index (χ3n) is 4.03. The van der Waals surface area contributed by atoms with Crippen LogP contribution in [0.5, 0.6) is 5.88 Å². The van der Waals surface area contributed by atoms with Gasteiger partial charge in [-0.2, -0.15) is 5.10 Å². The molecule has 1 aromatic heterocycles. The van der Waals surface area contributed by atoms with E-state index >= 15 is 0 Å². The smallest absolute Gasteiger partial charge is 0.216 e. The minimum Gasteiger partial charge on any atom is -0.481 e. The zero-order chi connectivity index (χ0) is 15.2. The standard InChI is InChI=1S/C15H27N5O.HI/c1-4-13-12(14(21-3)19(2)18-13)11-17-15(16)20-9-7-5-6-8-10-20;/h4-11H2,1-3H3,(H2,16,17);1H. The van der Waals surface area contributed by atoms with Gasteiger partial charge in [-0.15, -0.1) is 24.0 Å². The average molecular weight is 421 g/mol. The molecule has 6 nitrogen and oxygen atoms in total. The Bertz CT molecular complexity index is 492. The van der Waals surface area contributed by atoms with Crippen LogP contribution in [0.2, 0.25) is 0 Å². The lowest BCUT2D eigenvalue weighted by molar-refractivity contribution is 0.369. The third-order valence-corrected chi connectivity index (χ3v) is 4.03. The minimum atomic E-state index is 0. The number of hydrogen-bond donors (Lipinski definition) is 1. The van der Waals surface area contributed by atoms with Crippen LogP contribution in [-0.2, 0) is 20.0 Å². The molecule has 1 aromatic rings. The van der Waals surface area contributed by atoms with Crippen molar-refractivity contribution in [2.75, 3.05) is 20.2 Å². The van der Waals surface area contributed by atoms with Crippen LogP contribution in [-0.4, -0.2) is 40.8 Å². The Kier molecular flexibility index (Phi) is 7.98. The Morgan fingerprint density at radius 3 is 2.45 bits per heavy atom. The molecule has 1 aliphatic heterocycles. The van der Waals surface area contributed by atoms with Gasteiger partial charge in [0.1, 0.15) is 0 Å². The van der Waals surface area contributed by atoms with Gasteiger partial charge in [-0.3, -0.25) is 0 Å². The number of ether oxygens (including phenoxy) is 1. The number of aryl methyl sites for hydroxylation is 2. The van der Waals surface area contributed by atoms with E-state index in [0.717, 1.165) is 36.6 Å². The summed E-state index contributed by atoms with van der Waals surface area (Å²) in [6, 6.07) is 0. The highest BCUT2D eigenvalue weighted by Gasteiger charge is 2.16. The quantitative estimate of drug-likeness (QED) is 0.460.